The van der Waals surface area contributed by atoms with Crippen LogP contribution in [0.1, 0.15) is 0 Å². The first kappa shape index (κ1) is 33.1. The second-order valence-electron chi connectivity index (χ2n) is 9.33. The number of carbonyl (C=O) groups is 2. The van der Waals surface area contributed by atoms with Crippen molar-refractivity contribution >= 4 is 28.9 Å². The molecular weight excluding hydrogens is 560 g/mol. The smallest absolute Gasteiger partial charge is 0.252 e. The van der Waals surface area contributed by atoms with Gasteiger partial charge in [0.05, 0.1) is 31.1 Å². The lowest BCUT2D eigenvalue weighted by Crippen LogP contribution is -2.62. The molecule has 0 spiro atoms. The van der Waals surface area contributed by atoms with Gasteiger partial charge in [0.25, 0.3) is 5.91 Å². The Morgan fingerprint density at radius 1 is 0.881 bits per heavy atom. The molecule has 230 valence electrons. The van der Waals surface area contributed by atoms with Crippen LogP contribution in [0.15, 0.2) is 64.8 Å². The van der Waals surface area contributed by atoms with Crippen molar-refractivity contribution < 1.29 is 59.9 Å². The van der Waals surface area contributed by atoms with Gasteiger partial charge < -0.3 is 61.0 Å². The Bertz CT molecular complexity index is 1170. The maximum atomic E-state index is 12.4. The summed E-state index contributed by atoms with van der Waals surface area (Å²) in [5, 5.41) is 92.4. The number of carbonyl (C=O) groups excluding carboxylic acids is 2. The molecule has 3 rings (SSSR count). The van der Waals surface area contributed by atoms with Crippen molar-refractivity contribution in [1.82, 2.24) is 5.32 Å². The van der Waals surface area contributed by atoms with E-state index in [1.807, 2.05) is 18.2 Å². The summed E-state index contributed by atoms with van der Waals surface area (Å²) in [6.45, 7) is -2.45. The topological polar surface area (TPSA) is 263 Å². The van der Waals surface area contributed by atoms with Crippen molar-refractivity contribution in [1.29, 1.82) is 0 Å². The molecule has 1 heterocycles. The number of hydrogen-bond acceptors (Lipinski definition) is 14. The van der Waals surface area contributed by atoms with E-state index in [4.69, 9.17) is 9.47 Å². The van der Waals surface area contributed by atoms with Crippen LogP contribution in [0.4, 0.5) is 17.1 Å². The number of ether oxygens (including phenoxy) is 2. The fourth-order valence-corrected chi connectivity index (χ4v) is 3.87. The van der Waals surface area contributed by atoms with Crippen LogP contribution in [0.25, 0.3) is 0 Å². The minimum absolute atomic E-state index is 0.368. The van der Waals surface area contributed by atoms with Crippen molar-refractivity contribution in [3.8, 4) is 0 Å². The van der Waals surface area contributed by atoms with Gasteiger partial charge in [0.15, 0.2) is 12.4 Å². The predicted molar refractivity (Wildman–Crippen MR) is 142 cm³/mol. The summed E-state index contributed by atoms with van der Waals surface area (Å²) in [7, 11) is 0. The number of benzene rings is 2. The van der Waals surface area contributed by atoms with Gasteiger partial charge in [-0.05, 0) is 36.4 Å². The van der Waals surface area contributed by atoms with Gasteiger partial charge in [-0.25, -0.2) is 0 Å². The van der Waals surface area contributed by atoms with Crippen molar-refractivity contribution in [3.05, 3.63) is 54.6 Å². The van der Waals surface area contributed by atoms with Crippen LogP contribution in [-0.4, -0.2) is 128 Å². The Hall–Kier alpha value is -3.42. The fraction of sp³-hybridized carbons (Fsp3) is 0.462. The van der Waals surface area contributed by atoms with Gasteiger partial charge in [0.1, 0.15) is 42.7 Å². The Labute approximate surface area is 239 Å². The van der Waals surface area contributed by atoms with Crippen molar-refractivity contribution in [3.63, 3.8) is 0 Å². The molecule has 16 heteroatoms. The standard InChI is InChI=1S/C26H34N4O12/c31-11-16(33)24(42-26-23(39)20(36)19(35)17(12-32)41-26)21(37)22(38)25(40)27-10-18(34)28-13-6-8-15(9-7-13)30-29-14-4-2-1-3-5-14/h1-9,16-17,19-24,26,31-33,35-39H,10-12H2,(H,27,40)(H,28,34)/t16?,17-,19+,20+,21?,22?,23-,24?,26?/m1/s1. The number of hydrogen-bond donors (Lipinski definition) is 10. The molecular formula is C26H34N4O12. The monoisotopic (exact) mass is 594 g/mol. The van der Waals surface area contributed by atoms with E-state index >= 15 is 0 Å². The molecule has 0 aromatic heterocycles. The summed E-state index contributed by atoms with van der Waals surface area (Å²) >= 11 is 0. The summed E-state index contributed by atoms with van der Waals surface area (Å²) in [5.41, 5.74) is 1.55. The number of nitrogens with one attached hydrogen (secondary N) is 2. The summed E-state index contributed by atoms with van der Waals surface area (Å²) in [6.07, 6.45) is -17.2. The van der Waals surface area contributed by atoms with Crippen LogP contribution in [0.3, 0.4) is 0 Å². The molecule has 9 atom stereocenters. The van der Waals surface area contributed by atoms with E-state index in [9.17, 15) is 50.4 Å². The number of aliphatic hydroxyl groups is 8. The van der Waals surface area contributed by atoms with Crippen LogP contribution in [0, 0.1) is 0 Å². The molecule has 0 bridgehead atoms. The van der Waals surface area contributed by atoms with Crippen LogP contribution in [0.2, 0.25) is 0 Å². The van der Waals surface area contributed by atoms with Crippen molar-refractivity contribution in [2.75, 3.05) is 25.1 Å². The summed E-state index contributed by atoms with van der Waals surface area (Å²) in [5.74, 6) is -1.94. The van der Waals surface area contributed by atoms with Crippen molar-refractivity contribution in [2.45, 2.75) is 55.1 Å². The molecule has 16 nitrogen and oxygen atoms in total. The molecule has 1 aliphatic heterocycles. The lowest BCUT2D eigenvalue weighted by atomic mass is 9.98. The van der Waals surface area contributed by atoms with Gasteiger partial charge in [-0.15, -0.1) is 0 Å². The second kappa shape index (κ2) is 15.7. The molecule has 0 radical (unpaired) electrons. The van der Waals surface area contributed by atoms with Crippen LogP contribution >= 0.6 is 0 Å². The van der Waals surface area contributed by atoms with Crippen LogP contribution in [0.5, 0.6) is 0 Å². The first-order valence-corrected chi connectivity index (χ1v) is 12.8. The largest absolute Gasteiger partial charge is 0.394 e. The van der Waals surface area contributed by atoms with Gasteiger partial charge in [0.2, 0.25) is 5.91 Å². The van der Waals surface area contributed by atoms with Crippen LogP contribution < -0.4 is 10.6 Å². The quantitative estimate of drug-likeness (QED) is 0.107. The highest BCUT2D eigenvalue weighted by molar-refractivity contribution is 5.95. The zero-order valence-electron chi connectivity index (χ0n) is 22.1. The minimum atomic E-state index is -2.30. The van der Waals surface area contributed by atoms with Crippen molar-refractivity contribution in [2.24, 2.45) is 10.2 Å². The summed E-state index contributed by atoms with van der Waals surface area (Å²) in [6, 6.07) is 15.4. The maximum absolute atomic E-state index is 12.4. The number of amides is 2. The summed E-state index contributed by atoms with van der Waals surface area (Å²) < 4.78 is 10.4. The Morgan fingerprint density at radius 3 is 2.10 bits per heavy atom. The Morgan fingerprint density at radius 2 is 1.50 bits per heavy atom. The molecule has 42 heavy (non-hydrogen) atoms. The van der Waals surface area contributed by atoms with E-state index in [-0.39, 0.29) is 0 Å². The Kier molecular flexibility index (Phi) is 12.4. The van der Waals surface area contributed by atoms with Gasteiger partial charge in [0, 0.05) is 5.69 Å². The highest BCUT2D eigenvalue weighted by Crippen LogP contribution is 2.25. The SMILES string of the molecule is O=C(CNC(=O)C(O)C(O)C(OC1O[C@H](CO)[C@H](O)[C@H](O)[C@H]1O)C(O)CO)Nc1ccc(N=Nc2ccccc2)cc1. The number of nitrogens with zero attached hydrogens (tertiary/aromatic N) is 2. The average Bonchev–Trinajstić information content (AvgIpc) is 3.01. The van der Waals surface area contributed by atoms with Gasteiger partial charge in [-0.1, -0.05) is 18.2 Å². The highest BCUT2D eigenvalue weighted by atomic mass is 16.7. The fourth-order valence-electron chi connectivity index (χ4n) is 3.87. The lowest BCUT2D eigenvalue weighted by molar-refractivity contribution is -0.326. The number of aliphatic hydroxyl groups excluding tert-OH is 8. The third kappa shape index (κ3) is 8.79. The second-order valence-corrected chi connectivity index (χ2v) is 9.33. The van der Waals surface area contributed by atoms with E-state index < -0.39 is 86.7 Å². The molecule has 10 N–H and O–H groups in total. The zero-order valence-corrected chi connectivity index (χ0v) is 22.1. The predicted octanol–water partition coefficient (Wildman–Crippen LogP) is -2.58. The van der Waals surface area contributed by atoms with E-state index in [0.717, 1.165) is 0 Å². The van der Waals surface area contributed by atoms with Gasteiger partial charge in [-0.3, -0.25) is 9.59 Å². The molecule has 0 aliphatic carbocycles. The Balaban J connectivity index is 1.53. The molecule has 5 unspecified atom stereocenters. The third-order valence-corrected chi connectivity index (χ3v) is 6.25. The average molecular weight is 595 g/mol. The zero-order chi connectivity index (χ0) is 30.8. The van der Waals surface area contributed by atoms with E-state index in [1.165, 1.54) is 0 Å². The molecule has 2 amide bonds. The minimum Gasteiger partial charge on any atom is -0.394 e. The maximum Gasteiger partial charge on any atom is 0.252 e. The molecule has 0 saturated carbocycles. The van der Waals surface area contributed by atoms with Crippen LogP contribution in [-0.2, 0) is 19.1 Å². The van der Waals surface area contributed by atoms with E-state index in [1.54, 1.807) is 36.4 Å². The third-order valence-electron chi connectivity index (χ3n) is 6.25. The molecule has 1 fully saturated rings. The lowest BCUT2D eigenvalue weighted by Gasteiger charge is -2.42. The first-order chi connectivity index (χ1) is 20.0. The number of azo groups is 1. The van der Waals surface area contributed by atoms with E-state index in [0.29, 0.717) is 17.1 Å². The molecule has 2 aromatic carbocycles. The normalized spacial score (nSPS) is 25.4. The first-order valence-electron chi connectivity index (χ1n) is 12.8. The van der Waals surface area contributed by atoms with E-state index in [2.05, 4.69) is 20.9 Å². The molecule has 1 saturated heterocycles. The molecule has 1 aliphatic rings. The number of anilines is 1. The van der Waals surface area contributed by atoms with Gasteiger partial charge >= 0.3 is 0 Å². The number of rotatable bonds is 13. The van der Waals surface area contributed by atoms with Gasteiger partial charge in [-0.2, -0.15) is 10.2 Å². The molecule has 2 aromatic rings. The highest BCUT2D eigenvalue weighted by Gasteiger charge is 2.47. The summed E-state index contributed by atoms with van der Waals surface area (Å²) in [4.78, 5) is 24.7.